The van der Waals surface area contributed by atoms with Gasteiger partial charge in [-0.3, -0.25) is 13.9 Å². The number of rotatable bonds is 14. The van der Waals surface area contributed by atoms with E-state index in [0.29, 0.717) is 24.5 Å². The molecule has 1 N–H and O–H groups in total. The molecule has 3 aromatic rings. The second kappa shape index (κ2) is 14.7. The fraction of sp³-hybridized carbons (Fsp3) is 0.355. The summed E-state index contributed by atoms with van der Waals surface area (Å²) in [5, 5.41) is 2.89. The molecule has 2 amide bonds. The SMILES string of the molecule is CCC(C(=O)NCC(C)C)N(Cc1ccc(OC)cc1)C(=O)CN(c1ccc(F)cc1)S(=O)(=O)c1ccc(OC)cc1. The van der Waals surface area contributed by atoms with E-state index in [-0.39, 0.29) is 29.0 Å². The van der Waals surface area contributed by atoms with E-state index in [2.05, 4.69) is 5.32 Å². The zero-order chi connectivity index (χ0) is 30.9. The molecule has 9 nitrogen and oxygen atoms in total. The third-order valence-corrected chi connectivity index (χ3v) is 8.41. The van der Waals surface area contributed by atoms with Crippen LogP contribution >= 0.6 is 0 Å². The number of anilines is 1. The number of sulfonamides is 1. The van der Waals surface area contributed by atoms with Crippen LogP contribution in [0.5, 0.6) is 11.5 Å². The van der Waals surface area contributed by atoms with Gasteiger partial charge in [0.15, 0.2) is 0 Å². The Morgan fingerprint density at radius 3 is 1.93 bits per heavy atom. The number of hydrogen-bond acceptors (Lipinski definition) is 6. The molecule has 42 heavy (non-hydrogen) atoms. The molecule has 3 aromatic carbocycles. The fourth-order valence-electron chi connectivity index (χ4n) is 4.28. The molecule has 0 fully saturated rings. The van der Waals surface area contributed by atoms with Gasteiger partial charge in [-0.15, -0.1) is 0 Å². The molecule has 3 rings (SSSR count). The monoisotopic (exact) mass is 599 g/mol. The van der Waals surface area contributed by atoms with E-state index in [0.717, 1.165) is 22.0 Å². The van der Waals surface area contributed by atoms with Crippen LogP contribution < -0.4 is 19.1 Å². The van der Waals surface area contributed by atoms with E-state index in [1.807, 2.05) is 13.8 Å². The van der Waals surface area contributed by atoms with Crippen molar-refractivity contribution in [2.75, 3.05) is 31.6 Å². The Kier molecular flexibility index (Phi) is 11.3. The van der Waals surface area contributed by atoms with Crippen LogP contribution in [0.15, 0.2) is 77.7 Å². The van der Waals surface area contributed by atoms with E-state index < -0.39 is 34.3 Å². The fourth-order valence-corrected chi connectivity index (χ4v) is 5.69. The molecule has 0 saturated heterocycles. The molecule has 0 radical (unpaired) electrons. The Bertz CT molecular complexity index is 1430. The van der Waals surface area contributed by atoms with Gasteiger partial charge in [0.25, 0.3) is 10.0 Å². The molecule has 1 atom stereocenters. The van der Waals surface area contributed by atoms with Crippen LogP contribution in [0.1, 0.15) is 32.8 Å². The van der Waals surface area contributed by atoms with E-state index in [4.69, 9.17) is 9.47 Å². The van der Waals surface area contributed by atoms with Crippen LogP contribution in [-0.2, 0) is 26.2 Å². The Morgan fingerprint density at radius 2 is 1.43 bits per heavy atom. The van der Waals surface area contributed by atoms with Crippen molar-refractivity contribution in [2.24, 2.45) is 5.92 Å². The topological polar surface area (TPSA) is 105 Å². The zero-order valence-corrected chi connectivity index (χ0v) is 25.4. The van der Waals surface area contributed by atoms with Crippen LogP contribution in [0.25, 0.3) is 0 Å². The average molecular weight is 600 g/mol. The van der Waals surface area contributed by atoms with Crippen molar-refractivity contribution >= 4 is 27.5 Å². The summed E-state index contributed by atoms with van der Waals surface area (Å²) in [6.07, 6.45) is 0.299. The largest absolute Gasteiger partial charge is 0.497 e. The molecule has 0 aromatic heterocycles. The average Bonchev–Trinajstić information content (AvgIpc) is 2.99. The second-order valence-electron chi connectivity index (χ2n) is 10.1. The Morgan fingerprint density at radius 1 is 0.881 bits per heavy atom. The quantitative estimate of drug-likeness (QED) is 0.290. The van der Waals surface area contributed by atoms with Crippen molar-refractivity contribution in [1.82, 2.24) is 10.2 Å². The Balaban J connectivity index is 2.04. The number of carbonyl (C=O) groups is 2. The molecule has 11 heteroatoms. The second-order valence-corrected chi connectivity index (χ2v) is 12.0. The first kappa shape index (κ1) is 32.4. The van der Waals surface area contributed by atoms with Gasteiger partial charge in [-0.05, 0) is 78.6 Å². The van der Waals surface area contributed by atoms with Crippen molar-refractivity contribution in [2.45, 2.75) is 44.7 Å². The molecule has 0 aliphatic heterocycles. The van der Waals surface area contributed by atoms with Crippen molar-refractivity contribution in [3.05, 3.63) is 84.2 Å². The minimum absolute atomic E-state index is 0.0519. The van der Waals surface area contributed by atoms with Crippen LogP contribution in [0.2, 0.25) is 0 Å². The van der Waals surface area contributed by atoms with Gasteiger partial charge in [-0.2, -0.15) is 0 Å². The lowest BCUT2D eigenvalue weighted by Crippen LogP contribution is -2.52. The Hall–Kier alpha value is -4.12. The summed E-state index contributed by atoms with van der Waals surface area (Å²) in [6, 6.07) is 16.8. The molecular weight excluding hydrogens is 561 g/mol. The van der Waals surface area contributed by atoms with Gasteiger partial charge in [0.05, 0.1) is 24.8 Å². The third kappa shape index (κ3) is 8.22. The van der Waals surface area contributed by atoms with Crippen LogP contribution in [0.3, 0.4) is 0 Å². The summed E-state index contributed by atoms with van der Waals surface area (Å²) in [6.45, 7) is 5.58. The molecule has 226 valence electrons. The van der Waals surface area contributed by atoms with Crippen LogP contribution in [0, 0.1) is 11.7 Å². The molecule has 0 saturated carbocycles. The van der Waals surface area contributed by atoms with Gasteiger partial charge in [0.1, 0.15) is 29.9 Å². The predicted octanol–water partition coefficient (Wildman–Crippen LogP) is 4.62. The predicted molar refractivity (Wildman–Crippen MR) is 159 cm³/mol. The number of hydrogen-bond donors (Lipinski definition) is 1. The first-order valence-electron chi connectivity index (χ1n) is 13.6. The van der Waals surface area contributed by atoms with Gasteiger partial charge in [0.2, 0.25) is 11.8 Å². The minimum atomic E-state index is -4.29. The number of nitrogens with zero attached hydrogens (tertiary/aromatic N) is 2. The lowest BCUT2D eigenvalue weighted by atomic mass is 10.1. The number of halogens is 1. The number of carbonyl (C=O) groups excluding carboxylic acids is 2. The van der Waals surface area contributed by atoms with Crippen molar-refractivity contribution < 1.29 is 31.9 Å². The first-order valence-corrected chi connectivity index (χ1v) is 15.1. The molecule has 1 unspecified atom stereocenters. The standard InChI is InChI=1S/C31H38FN3O6S/c1-6-29(31(37)33-19-22(2)3)34(20-23-7-13-26(40-4)14-8-23)30(36)21-35(25-11-9-24(32)10-12-25)42(38,39)28-17-15-27(41-5)16-18-28/h7-18,22,29H,6,19-21H2,1-5H3,(H,33,37). The maximum absolute atomic E-state index is 14.1. The molecule has 0 aliphatic carbocycles. The zero-order valence-electron chi connectivity index (χ0n) is 24.5. The van der Waals surface area contributed by atoms with Crippen molar-refractivity contribution in [1.29, 1.82) is 0 Å². The van der Waals surface area contributed by atoms with Gasteiger partial charge < -0.3 is 19.7 Å². The number of nitrogens with one attached hydrogen (secondary N) is 1. The van der Waals surface area contributed by atoms with E-state index in [1.54, 1.807) is 38.3 Å². The Labute approximate surface area is 247 Å². The van der Waals surface area contributed by atoms with E-state index >= 15 is 0 Å². The maximum Gasteiger partial charge on any atom is 0.264 e. The molecule has 0 heterocycles. The smallest absolute Gasteiger partial charge is 0.264 e. The van der Waals surface area contributed by atoms with Gasteiger partial charge in [-0.25, -0.2) is 12.8 Å². The highest BCUT2D eigenvalue weighted by atomic mass is 32.2. The lowest BCUT2D eigenvalue weighted by molar-refractivity contribution is -0.140. The maximum atomic E-state index is 14.1. The summed E-state index contributed by atoms with van der Waals surface area (Å²) in [5.41, 5.74) is 0.827. The third-order valence-electron chi connectivity index (χ3n) is 6.62. The molecule has 0 bridgehead atoms. The van der Waals surface area contributed by atoms with Gasteiger partial charge >= 0.3 is 0 Å². The van der Waals surface area contributed by atoms with Crippen molar-refractivity contribution in [3.63, 3.8) is 0 Å². The molecular formula is C31H38FN3O6S. The number of benzene rings is 3. The highest BCUT2D eigenvalue weighted by molar-refractivity contribution is 7.92. The number of methoxy groups -OCH3 is 2. The summed E-state index contributed by atoms with van der Waals surface area (Å²) >= 11 is 0. The van der Waals surface area contributed by atoms with Gasteiger partial charge in [0, 0.05) is 13.1 Å². The summed E-state index contributed by atoms with van der Waals surface area (Å²) in [7, 11) is -1.28. The molecule has 0 aliphatic rings. The van der Waals surface area contributed by atoms with Gasteiger partial charge in [-0.1, -0.05) is 32.9 Å². The summed E-state index contributed by atoms with van der Waals surface area (Å²) in [4.78, 5) is 28.6. The lowest BCUT2D eigenvalue weighted by Gasteiger charge is -2.33. The molecule has 0 spiro atoms. The normalized spacial score (nSPS) is 12.0. The highest BCUT2D eigenvalue weighted by Crippen LogP contribution is 2.26. The van der Waals surface area contributed by atoms with E-state index in [1.165, 1.54) is 48.4 Å². The number of amides is 2. The van der Waals surface area contributed by atoms with Crippen LogP contribution in [-0.4, -0.2) is 58.5 Å². The highest BCUT2D eigenvalue weighted by Gasteiger charge is 2.33. The van der Waals surface area contributed by atoms with Crippen molar-refractivity contribution in [3.8, 4) is 11.5 Å². The summed E-state index contributed by atoms with van der Waals surface area (Å²) in [5.74, 6) is -0.200. The number of ether oxygens (including phenoxy) is 2. The first-order chi connectivity index (χ1) is 20.0. The van der Waals surface area contributed by atoms with E-state index in [9.17, 15) is 22.4 Å². The summed E-state index contributed by atoms with van der Waals surface area (Å²) < 4.78 is 52.9. The van der Waals surface area contributed by atoms with Crippen LogP contribution in [0.4, 0.5) is 10.1 Å². The minimum Gasteiger partial charge on any atom is -0.497 e.